The van der Waals surface area contributed by atoms with Gasteiger partial charge in [0.05, 0.1) is 42.2 Å². The van der Waals surface area contributed by atoms with E-state index in [1.807, 2.05) is 116 Å². The third kappa shape index (κ3) is 6.04. The number of hydrogen-bond donors (Lipinski definition) is 1. The molecule has 0 radical (unpaired) electrons. The molecule has 1 fully saturated rings. The molecule has 1 N–H and O–H groups in total. The van der Waals surface area contributed by atoms with Gasteiger partial charge in [-0.15, -0.1) is 5.10 Å². The average Bonchev–Trinajstić information content (AvgIpc) is 3.82. The lowest BCUT2D eigenvalue weighted by molar-refractivity contribution is -0.146. The Bertz CT molecular complexity index is 2160. The van der Waals surface area contributed by atoms with Crippen molar-refractivity contribution in [2.45, 2.75) is 62.7 Å². The van der Waals surface area contributed by atoms with E-state index in [1.54, 1.807) is 27.6 Å². The second-order valence-corrected chi connectivity index (χ2v) is 18.5. The van der Waals surface area contributed by atoms with Crippen molar-refractivity contribution in [3.8, 4) is 5.75 Å². The fraction of sp³-hybridized carbons (Fsp3) is 0.317. The van der Waals surface area contributed by atoms with E-state index in [9.17, 15) is 14.7 Å². The molecule has 1 saturated heterocycles. The first-order valence-electron chi connectivity index (χ1n) is 18.1. The predicted molar refractivity (Wildman–Crippen MR) is 201 cm³/mol. The van der Waals surface area contributed by atoms with E-state index in [0.717, 1.165) is 22.4 Å². The van der Waals surface area contributed by atoms with Crippen LogP contribution in [0, 0.1) is 5.92 Å². The topological polar surface area (TPSA) is 110 Å². The number of rotatable bonds is 10. The summed E-state index contributed by atoms with van der Waals surface area (Å²) in [7, 11) is -3.38. The Hall–Kier alpha value is -5.17. The Morgan fingerprint density at radius 3 is 2.47 bits per heavy atom. The van der Waals surface area contributed by atoms with Gasteiger partial charge in [0.15, 0.2) is 12.2 Å². The summed E-state index contributed by atoms with van der Waals surface area (Å²) in [5.74, 6) is -0.520. The van der Waals surface area contributed by atoms with Gasteiger partial charge in [0.1, 0.15) is 5.75 Å². The van der Waals surface area contributed by atoms with Crippen LogP contribution in [0.3, 0.4) is 0 Å². The summed E-state index contributed by atoms with van der Waals surface area (Å²) in [6.45, 7) is 5.82. The van der Waals surface area contributed by atoms with Crippen molar-refractivity contribution in [3.63, 3.8) is 0 Å². The van der Waals surface area contributed by atoms with Crippen molar-refractivity contribution < 1.29 is 28.3 Å². The van der Waals surface area contributed by atoms with E-state index in [-0.39, 0.29) is 37.5 Å². The molecule has 4 heterocycles. The second-order valence-electron chi connectivity index (χ2n) is 14.7. The summed E-state index contributed by atoms with van der Waals surface area (Å²) >= 11 is 0. The molecule has 0 saturated carbocycles. The standard InChI is InChI=1S/C41H42FN5O5Si/c1-27-39(53(2,3)42)37(20-21-45-24-33(43-44-45)31(25-48)29-13-5-4-6-14-29)52-41(27)32-16-7-8-17-34(32)46(40(41)50)23-28-12-11-15-30(22-28)47-35-18-9-10-19-36(35)51-26-38(47)49/h4-19,22,24,27,31,37,39,48H,20-21,23,25-26H2,1-3H3/t27-,31?,37+,39-,41+/m1/s1. The molecule has 3 aliphatic rings. The van der Waals surface area contributed by atoms with Crippen LogP contribution < -0.4 is 14.5 Å². The summed E-state index contributed by atoms with van der Waals surface area (Å²) in [5, 5.41) is 18.9. The number of benzene rings is 4. The number of nitrogens with zero attached hydrogens (tertiary/aromatic N) is 5. The van der Waals surface area contributed by atoms with E-state index >= 15 is 4.11 Å². The lowest BCUT2D eigenvalue weighted by Gasteiger charge is -2.31. The lowest BCUT2D eigenvalue weighted by atomic mass is 9.82. The van der Waals surface area contributed by atoms with Crippen molar-refractivity contribution in [1.29, 1.82) is 0 Å². The van der Waals surface area contributed by atoms with Crippen LogP contribution in [0.5, 0.6) is 5.75 Å². The summed E-state index contributed by atoms with van der Waals surface area (Å²) < 4.78 is 30.7. The minimum absolute atomic E-state index is 0.0670. The molecule has 3 aliphatic heterocycles. The molecule has 4 aromatic carbocycles. The Morgan fingerprint density at radius 1 is 0.962 bits per heavy atom. The van der Waals surface area contributed by atoms with Crippen LogP contribution in [0.25, 0.3) is 0 Å². The highest BCUT2D eigenvalue weighted by molar-refractivity contribution is 6.72. The molecular weight excluding hydrogens is 690 g/mol. The van der Waals surface area contributed by atoms with E-state index in [0.29, 0.717) is 35.8 Å². The Balaban J connectivity index is 1.07. The molecule has 5 atom stereocenters. The third-order valence-electron chi connectivity index (χ3n) is 11.0. The molecule has 8 rings (SSSR count). The van der Waals surface area contributed by atoms with Crippen molar-refractivity contribution in [3.05, 3.63) is 132 Å². The fourth-order valence-corrected chi connectivity index (χ4v) is 11.2. The molecule has 1 unspecified atom stereocenters. The second kappa shape index (κ2) is 13.7. The zero-order valence-corrected chi connectivity index (χ0v) is 30.9. The normalized spacial score (nSPS) is 22.9. The first-order valence-corrected chi connectivity index (χ1v) is 21.0. The number of fused-ring (bicyclic) bond motifs is 3. The zero-order valence-electron chi connectivity index (χ0n) is 29.9. The monoisotopic (exact) mass is 731 g/mol. The maximum atomic E-state index is 16.4. The van der Waals surface area contributed by atoms with Crippen LogP contribution in [-0.2, 0) is 33.0 Å². The molecule has 2 amide bonds. The van der Waals surface area contributed by atoms with Crippen LogP contribution in [0.1, 0.15) is 41.6 Å². The number of para-hydroxylation sites is 3. The number of carbonyl (C=O) groups is 2. The molecule has 0 bridgehead atoms. The van der Waals surface area contributed by atoms with Crippen molar-refractivity contribution in [1.82, 2.24) is 15.0 Å². The number of aliphatic hydroxyl groups is 1. The van der Waals surface area contributed by atoms with Crippen LogP contribution in [0.15, 0.2) is 109 Å². The highest BCUT2D eigenvalue weighted by Gasteiger charge is 2.66. The minimum atomic E-state index is -3.38. The summed E-state index contributed by atoms with van der Waals surface area (Å²) in [6.07, 6.45) is 1.71. The van der Waals surface area contributed by atoms with Gasteiger partial charge in [-0.2, -0.15) is 0 Å². The average molecular weight is 732 g/mol. The van der Waals surface area contributed by atoms with E-state index in [1.165, 1.54) is 0 Å². The van der Waals surface area contributed by atoms with Gasteiger partial charge < -0.3 is 23.6 Å². The van der Waals surface area contributed by atoms with Crippen LogP contribution in [-0.4, -0.2) is 59.6 Å². The first-order chi connectivity index (χ1) is 25.6. The maximum absolute atomic E-state index is 16.4. The predicted octanol–water partition coefficient (Wildman–Crippen LogP) is 6.87. The largest absolute Gasteiger partial charge is 0.482 e. The van der Waals surface area contributed by atoms with Gasteiger partial charge in [0.25, 0.3) is 11.8 Å². The number of hydrogen-bond acceptors (Lipinski definition) is 7. The van der Waals surface area contributed by atoms with Crippen LogP contribution in [0.2, 0.25) is 18.6 Å². The van der Waals surface area contributed by atoms with Crippen LogP contribution in [0.4, 0.5) is 21.2 Å². The Kier molecular flexibility index (Phi) is 9.00. The fourth-order valence-electron chi connectivity index (χ4n) is 8.69. The summed E-state index contributed by atoms with van der Waals surface area (Å²) in [4.78, 5) is 31.4. The zero-order chi connectivity index (χ0) is 36.9. The molecule has 1 spiro atoms. The molecule has 0 aliphatic carbocycles. The molecule has 5 aromatic rings. The molecule has 1 aromatic heterocycles. The Morgan fingerprint density at radius 2 is 1.70 bits per heavy atom. The van der Waals surface area contributed by atoms with Gasteiger partial charge in [-0.25, -0.2) is 0 Å². The minimum Gasteiger partial charge on any atom is -0.482 e. The maximum Gasteiger partial charge on any atom is 0.269 e. The highest BCUT2D eigenvalue weighted by Crippen LogP contribution is 2.60. The number of ether oxygens (including phenoxy) is 2. The van der Waals surface area contributed by atoms with Gasteiger partial charge in [-0.3, -0.25) is 19.2 Å². The van der Waals surface area contributed by atoms with Crippen molar-refractivity contribution in [2.24, 2.45) is 5.92 Å². The Labute approximate surface area is 308 Å². The van der Waals surface area contributed by atoms with E-state index < -0.39 is 31.6 Å². The van der Waals surface area contributed by atoms with Crippen molar-refractivity contribution >= 4 is 37.3 Å². The van der Waals surface area contributed by atoms with Crippen molar-refractivity contribution in [2.75, 3.05) is 23.0 Å². The van der Waals surface area contributed by atoms with Crippen LogP contribution >= 0.6 is 0 Å². The molecular formula is C41H42FN5O5Si. The molecule has 53 heavy (non-hydrogen) atoms. The number of aliphatic hydroxyl groups excluding tert-OH is 1. The van der Waals surface area contributed by atoms with Gasteiger partial charge in [0, 0.05) is 35.5 Å². The SMILES string of the molecule is C[C@@H]1[C@@H]([Si](C)(C)F)[C@H](CCn2cc(C(CO)c3ccccc3)nn2)O[C@@]12C(=O)N(Cc1cccc(N3C(=O)COc4ccccc43)c1)c1ccccc12. The number of carbonyl (C=O) groups excluding carboxylic acids is 2. The lowest BCUT2D eigenvalue weighted by Crippen LogP contribution is -2.45. The first kappa shape index (κ1) is 34.9. The van der Waals surface area contributed by atoms with Gasteiger partial charge >= 0.3 is 0 Å². The smallest absolute Gasteiger partial charge is 0.269 e. The summed E-state index contributed by atoms with van der Waals surface area (Å²) in [5.41, 5.74) is 3.42. The quantitative estimate of drug-likeness (QED) is 0.123. The molecule has 272 valence electrons. The molecule has 10 nitrogen and oxygen atoms in total. The number of amides is 2. The number of aryl methyl sites for hydroxylation is 1. The van der Waals surface area contributed by atoms with Gasteiger partial charge in [-0.1, -0.05) is 84.9 Å². The third-order valence-corrected chi connectivity index (χ3v) is 13.5. The van der Waals surface area contributed by atoms with Gasteiger partial charge in [0.2, 0.25) is 8.41 Å². The molecule has 12 heteroatoms. The number of halogens is 1. The highest BCUT2D eigenvalue weighted by atomic mass is 28.4. The van der Waals surface area contributed by atoms with E-state index in [2.05, 4.69) is 10.3 Å². The summed E-state index contributed by atoms with van der Waals surface area (Å²) in [6, 6.07) is 32.4. The van der Waals surface area contributed by atoms with Gasteiger partial charge in [-0.05, 0) is 61.0 Å². The number of aromatic nitrogens is 3. The number of anilines is 3. The van der Waals surface area contributed by atoms with E-state index in [4.69, 9.17) is 9.47 Å².